The van der Waals surface area contributed by atoms with Crippen LogP contribution in [0, 0.1) is 6.92 Å². The number of rotatable bonds is 3. The summed E-state index contributed by atoms with van der Waals surface area (Å²) in [6.07, 6.45) is 0.761. The molecule has 1 rings (SSSR count). The van der Waals surface area contributed by atoms with Crippen molar-refractivity contribution in [1.82, 2.24) is 4.98 Å². The van der Waals surface area contributed by atoms with Crippen molar-refractivity contribution >= 4 is 17.6 Å². The van der Waals surface area contributed by atoms with E-state index in [4.69, 9.17) is 4.74 Å². The van der Waals surface area contributed by atoms with Crippen LogP contribution in [0.25, 0.3) is 0 Å². The maximum absolute atomic E-state index is 10.3. The van der Waals surface area contributed by atoms with Crippen molar-refractivity contribution in [3.8, 4) is 0 Å². The number of nitrogens with zero attached hydrogens (tertiary/aromatic N) is 1. The zero-order valence-electron chi connectivity index (χ0n) is 6.46. The van der Waals surface area contributed by atoms with Crippen molar-refractivity contribution in [2.75, 3.05) is 7.11 Å². The van der Waals surface area contributed by atoms with Crippen LogP contribution >= 0.6 is 11.3 Å². The number of aromatic nitrogens is 1. The Balaban J connectivity index is 2.87. The Morgan fingerprint density at radius 3 is 2.91 bits per heavy atom. The highest BCUT2D eigenvalue weighted by atomic mass is 32.1. The molecule has 0 bridgehead atoms. The Morgan fingerprint density at radius 2 is 2.45 bits per heavy atom. The van der Waals surface area contributed by atoms with E-state index in [0.717, 1.165) is 16.9 Å². The first kappa shape index (κ1) is 8.36. The molecule has 0 saturated carbocycles. The third-order valence-corrected chi connectivity index (χ3v) is 2.34. The Kier molecular flexibility index (Phi) is 2.73. The largest absolute Gasteiger partial charge is 0.379 e. The first-order valence-corrected chi connectivity index (χ1v) is 4.00. The van der Waals surface area contributed by atoms with Gasteiger partial charge in [0.15, 0.2) is 11.3 Å². The van der Waals surface area contributed by atoms with Crippen molar-refractivity contribution < 1.29 is 9.53 Å². The monoisotopic (exact) mass is 171 g/mol. The lowest BCUT2D eigenvalue weighted by molar-refractivity contribution is 0.112. The summed E-state index contributed by atoms with van der Waals surface area (Å²) in [5.41, 5.74) is 0.888. The van der Waals surface area contributed by atoms with Crippen LogP contribution in [0.1, 0.15) is 20.4 Å². The average molecular weight is 171 g/mol. The molecule has 1 aromatic heterocycles. The third kappa shape index (κ3) is 1.85. The van der Waals surface area contributed by atoms with Crippen molar-refractivity contribution in [3.63, 3.8) is 0 Å². The van der Waals surface area contributed by atoms with E-state index in [1.54, 1.807) is 7.11 Å². The van der Waals surface area contributed by atoms with Gasteiger partial charge in [0.05, 0.1) is 17.2 Å². The van der Waals surface area contributed by atoms with E-state index in [1.165, 1.54) is 11.3 Å². The number of aryl methyl sites for hydroxylation is 1. The molecule has 0 aromatic carbocycles. The molecule has 0 atom stereocenters. The molecule has 0 saturated heterocycles. The minimum absolute atomic E-state index is 0.523. The summed E-state index contributed by atoms with van der Waals surface area (Å²) < 4.78 is 4.92. The fourth-order valence-corrected chi connectivity index (χ4v) is 1.62. The summed E-state index contributed by atoms with van der Waals surface area (Å²) in [6.45, 7) is 2.41. The van der Waals surface area contributed by atoms with Gasteiger partial charge in [-0.05, 0) is 6.92 Å². The van der Waals surface area contributed by atoms with E-state index in [0.29, 0.717) is 11.6 Å². The lowest BCUT2D eigenvalue weighted by atomic mass is 10.4. The van der Waals surface area contributed by atoms with E-state index in [9.17, 15) is 4.79 Å². The minimum Gasteiger partial charge on any atom is -0.379 e. The van der Waals surface area contributed by atoms with Gasteiger partial charge in [0.1, 0.15) is 0 Å². The molecule has 0 radical (unpaired) electrons. The topological polar surface area (TPSA) is 39.2 Å². The first-order chi connectivity index (χ1) is 5.27. The molecule has 3 nitrogen and oxygen atoms in total. The fourth-order valence-electron chi connectivity index (χ4n) is 0.766. The Bertz CT molecular complexity index is 257. The summed E-state index contributed by atoms with van der Waals surface area (Å²) >= 11 is 1.38. The molecule has 4 heteroatoms. The van der Waals surface area contributed by atoms with Gasteiger partial charge in [-0.25, -0.2) is 4.98 Å². The van der Waals surface area contributed by atoms with Gasteiger partial charge >= 0.3 is 0 Å². The molecular weight excluding hydrogens is 162 g/mol. The van der Waals surface area contributed by atoms with E-state index in [1.807, 2.05) is 6.92 Å². The van der Waals surface area contributed by atoms with E-state index < -0.39 is 0 Å². The number of carbonyl (C=O) groups excluding carboxylic acids is 1. The highest BCUT2D eigenvalue weighted by Crippen LogP contribution is 2.16. The van der Waals surface area contributed by atoms with Gasteiger partial charge in [-0.3, -0.25) is 4.79 Å². The number of carbonyl (C=O) groups is 1. The van der Waals surface area contributed by atoms with Crippen molar-refractivity contribution in [2.45, 2.75) is 13.5 Å². The van der Waals surface area contributed by atoms with Gasteiger partial charge in [0.25, 0.3) is 0 Å². The summed E-state index contributed by atoms with van der Waals surface area (Å²) in [7, 11) is 1.62. The van der Waals surface area contributed by atoms with Crippen LogP contribution in [0.15, 0.2) is 0 Å². The highest BCUT2D eigenvalue weighted by molar-refractivity contribution is 7.13. The van der Waals surface area contributed by atoms with Crippen LogP contribution in [0.4, 0.5) is 0 Å². The van der Waals surface area contributed by atoms with Gasteiger partial charge in [-0.1, -0.05) is 0 Å². The second-order valence-corrected chi connectivity index (χ2v) is 3.23. The molecule has 0 aliphatic heterocycles. The molecule has 11 heavy (non-hydrogen) atoms. The Hall–Kier alpha value is -0.740. The number of methoxy groups -OCH3 is 1. The molecule has 0 aliphatic carbocycles. The Morgan fingerprint density at radius 1 is 1.73 bits per heavy atom. The van der Waals surface area contributed by atoms with Crippen LogP contribution in [0.5, 0.6) is 0 Å². The molecule has 0 N–H and O–H groups in total. The second-order valence-electron chi connectivity index (χ2n) is 2.11. The predicted molar refractivity (Wildman–Crippen MR) is 43.0 cm³/mol. The van der Waals surface area contributed by atoms with E-state index in [2.05, 4.69) is 4.98 Å². The lowest BCUT2D eigenvalue weighted by Gasteiger charge is -1.92. The van der Waals surface area contributed by atoms with Crippen LogP contribution in [-0.2, 0) is 11.3 Å². The molecule has 0 fully saturated rings. The van der Waals surface area contributed by atoms with Crippen molar-refractivity contribution in [3.05, 3.63) is 15.6 Å². The first-order valence-electron chi connectivity index (χ1n) is 3.18. The van der Waals surface area contributed by atoms with E-state index in [-0.39, 0.29) is 0 Å². The van der Waals surface area contributed by atoms with E-state index >= 15 is 0 Å². The van der Waals surface area contributed by atoms with Crippen molar-refractivity contribution in [1.29, 1.82) is 0 Å². The molecule has 0 aliphatic rings. The highest BCUT2D eigenvalue weighted by Gasteiger charge is 2.05. The zero-order chi connectivity index (χ0) is 8.27. The molecule has 1 heterocycles. The third-order valence-electron chi connectivity index (χ3n) is 1.29. The second kappa shape index (κ2) is 3.59. The molecule has 0 spiro atoms. The van der Waals surface area contributed by atoms with Crippen molar-refractivity contribution in [2.24, 2.45) is 0 Å². The summed E-state index contributed by atoms with van der Waals surface area (Å²) in [6, 6.07) is 0. The maximum atomic E-state index is 10.3. The summed E-state index contributed by atoms with van der Waals surface area (Å²) in [4.78, 5) is 15.3. The molecule has 1 aromatic rings. The maximum Gasteiger partial charge on any atom is 0.178 e. The van der Waals surface area contributed by atoms with Crippen LogP contribution in [-0.4, -0.2) is 18.4 Å². The van der Waals surface area contributed by atoms with Gasteiger partial charge in [-0.2, -0.15) is 0 Å². The predicted octanol–water partition coefficient (Wildman–Crippen LogP) is 1.41. The van der Waals surface area contributed by atoms with Gasteiger partial charge < -0.3 is 4.74 Å². The number of aldehydes is 1. The summed E-state index contributed by atoms with van der Waals surface area (Å²) in [5, 5.41) is 0.523. The number of hydrogen-bond donors (Lipinski definition) is 0. The normalized spacial score (nSPS) is 10.0. The standard InChI is InChI=1S/C7H9NO2S/c1-5-6(4-10-2)11-7(3-9)8-5/h3H,4H2,1-2H3. The molecule has 0 amide bonds. The minimum atomic E-state index is 0.523. The molecular formula is C7H9NO2S. The smallest absolute Gasteiger partial charge is 0.178 e. The molecule has 60 valence electrons. The number of ether oxygens (including phenoxy) is 1. The van der Waals surface area contributed by atoms with Gasteiger partial charge in [0.2, 0.25) is 0 Å². The van der Waals surface area contributed by atoms with Crippen LogP contribution < -0.4 is 0 Å². The van der Waals surface area contributed by atoms with Crippen LogP contribution in [0.2, 0.25) is 0 Å². The van der Waals surface area contributed by atoms with Gasteiger partial charge in [0, 0.05) is 7.11 Å². The van der Waals surface area contributed by atoms with Crippen LogP contribution in [0.3, 0.4) is 0 Å². The average Bonchev–Trinajstić information content (AvgIpc) is 2.33. The lowest BCUT2D eigenvalue weighted by Crippen LogP contribution is -1.85. The SMILES string of the molecule is COCc1sc(C=O)nc1C. The quantitative estimate of drug-likeness (QED) is 0.645. The zero-order valence-corrected chi connectivity index (χ0v) is 7.27. The summed E-state index contributed by atoms with van der Waals surface area (Å²) in [5.74, 6) is 0. The Labute approximate surface area is 69.0 Å². The number of hydrogen-bond acceptors (Lipinski definition) is 4. The fraction of sp³-hybridized carbons (Fsp3) is 0.429. The van der Waals surface area contributed by atoms with Gasteiger partial charge in [-0.15, -0.1) is 11.3 Å². The molecule has 0 unspecified atom stereocenters. The number of thiazole rings is 1.